The predicted molar refractivity (Wildman–Crippen MR) is 150 cm³/mol. The molecule has 0 saturated heterocycles. The van der Waals surface area contributed by atoms with Gasteiger partial charge in [-0.05, 0) is 80.1 Å². The Morgan fingerprint density at radius 2 is 1.71 bits per heavy atom. The van der Waals surface area contributed by atoms with Gasteiger partial charge < -0.3 is 10.1 Å². The van der Waals surface area contributed by atoms with Crippen LogP contribution >= 0.6 is 23.2 Å². The van der Waals surface area contributed by atoms with Gasteiger partial charge in [0.15, 0.2) is 0 Å². The Morgan fingerprint density at radius 1 is 0.974 bits per heavy atom. The summed E-state index contributed by atoms with van der Waals surface area (Å²) in [5.41, 5.74) is 1.72. The smallest absolute Gasteiger partial charge is 0.261 e. The van der Waals surface area contributed by atoms with Crippen molar-refractivity contribution in [3.8, 4) is 11.5 Å². The lowest BCUT2D eigenvalue weighted by molar-refractivity contribution is 0.0935. The van der Waals surface area contributed by atoms with E-state index in [4.69, 9.17) is 27.9 Å². The number of ether oxygens (including phenoxy) is 1. The van der Waals surface area contributed by atoms with Gasteiger partial charge in [-0.25, -0.2) is 8.42 Å². The number of hydrogen-bond acceptors (Lipinski definition) is 5. The van der Waals surface area contributed by atoms with Gasteiger partial charge in [-0.15, -0.1) is 0 Å². The van der Waals surface area contributed by atoms with Crippen LogP contribution in [0.25, 0.3) is 0 Å². The Hall–Kier alpha value is -3.59. The second-order valence-electron chi connectivity index (χ2n) is 8.44. The number of nitrogens with zero attached hydrogens (tertiary/aromatic N) is 1. The maximum absolute atomic E-state index is 13.3. The molecule has 0 spiro atoms. The second kappa shape index (κ2) is 11.9. The topological polar surface area (TPSA) is 97.4 Å². The highest BCUT2D eigenvalue weighted by molar-refractivity contribution is 7.92. The van der Waals surface area contributed by atoms with Crippen molar-refractivity contribution in [1.29, 1.82) is 0 Å². The summed E-state index contributed by atoms with van der Waals surface area (Å²) in [6.45, 7) is 3.80. The van der Waals surface area contributed by atoms with E-state index in [2.05, 4.69) is 15.0 Å². The molecule has 0 bridgehead atoms. The lowest BCUT2D eigenvalue weighted by atomic mass is 10.1. The van der Waals surface area contributed by atoms with Crippen molar-refractivity contribution < 1.29 is 17.9 Å². The first kappa shape index (κ1) is 27.4. The number of para-hydroxylation sites is 1. The molecule has 2 N–H and O–H groups in total. The van der Waals surface area contributed by atoms with E-state index in [1.54, 1.807) is 24.3 Å². The molecule has 0 aliphatic carbocycles. The Kier molecular flexibility index (Phi) is 8.56. The van der Waals surface area contributed by atoms with Crippen LogP contribution in [0.4, 0.5) is 5.69 Å². The van der Waals surface area contributed by atoms with Crippen LogP contribution in [0.3, 0.4) is 0 Å². The van der Waals surface area contributed by atoms with Gasteiger partial charge >= 0.3 is 0 Å². The average molecular weight is 570 g/mol. The molecule has 0 aliphatic heterocycles. The fraction of sp³-hybridized carbons (Fsp3) is 0.143. The minimum Gasteiger partial charge on any atom is -0.456 e. The highest BCUT2D eigenvalue weighted by Crippen LogP contribution is 2.30. The van der Waals surface area contributed by atoms with Crippen LogP contribution in [0.5, 0.6) is 11.5 Å². The Morgan fingerprint density at radius 3 is 2.39 bits per heavy atom. The summed E-state index contributed by atoms with van der Waals surface area (Å²) < 4.78 is 34.6. The number of hydrogen-bond donors (Lipinski definition) is 2. The highest BCUT2D eigenvalue weighted by atomic mass is 35.5. The normalized spacial score (nSPS) is 12.0. The van der Waals surface area contributed by atoms with Gasteiger partial charge in [0.25, 0.3) is 15.9 Å². The summed E-state index contributed by atoms with van der Waals surface area (Å²) in [7, 11) is -4.04. The number of sulfonamides is 1. The van der Waals surface area contributed by atoms with Crippen LogP contribution in [-0.4, -0.2) is 19.3 Å². The fourth-order valence-electron chi connectivity index (χ4n) is 3.72. The zero-order chi connectivity index (χ0) is 27.3. The first-order chi connectivity index (χ1) is 18.2. The number of halogens is 2. The van der Waals surface area contributed by atoms with Gasteiger partial charge in [-0.3, -0.25) is 14.5 Å². The van der Waals surface area contributed by atoms with E-state index in [0.29, 0.717) is 33.7 Å². The molecule has 3 aromatic carbocycles. The fourth-order valence-corrected chi connectivity index (χ4v) is 5.14. The molecule has 196 valence electrons. The number of amides is 1. The third-order valence-corrected chi connectivity index (χ3v) is 7.58. The minimum atomic E-state index is -4.04. The van der Waals surface area contributed by atoms with Gasteiger partial charge in [0.1, 0.15) is 11.5 Å². The molecule has 4 aromatic rings. The maximum atomic E-state index is 13.3. The molecule has 4 rings (SSSR count). The van der Waals surface area contributed by atoms with Crippen molar-refractivity contribution in [2.75, 3.05) is 4.72 Å². The van der Waals surface area contributed by atoms with E-state index < -0.39 is 15.9 Å². The number of carbonyl (C=O) groups excluding carboxylic acids is 1. The molecule has 38 heavy (non-hydrogen) atoms. The lowest BCUT2D eigenvalue weighted by Gasteiger charge is -2.19. The number of anilines is 1. The second-order valence-corrected chi connectivity index (χ2v) is 11.0. The van der Waals surface area contributed by atoms with Crippen LogP contribution in [-0.2, 0) is 10.0 Å². The highest BCUT2D eigenvalue weighted by Gasteiger charge is 2.22. The molecule has 1 heterocycles. The van der Waals surface area contributed by atoms with Gasteiger partial charge in [-0.2, -0.15) is 0 Å². The standard InChI is InChI=1S/C28H25Cl2N3O4S/c1-3-24(26-9-6-7-18(2)31-26)32-28(34)22-17-19(29)11-16-25(22)33-38(35,36)21-14-12-20(13-15-21)37-27-10-5-4-8-23(27)30/h4-17,24,33H,3H2,1-2H3,(H,32,34)/t24-/m0/s1. The van der Waals surface area contributed by atoms with Crippen molar-refractivity contribution >= 4 is 44.8 Å². The first-order valence-electron chi connectivity index (χ1n) is 11.8. The molecule has 0 unspecified atom stereocenters. The molecule has 0 aliphatic rings. The summed E-state index contributed by atoms with van der Waals surface area (Å²) >= 11 is 12.3. The number of pyridine rings is 1. The van der Waals surface area contributed by atoms with Gasteiger partial charge in [-0.1, -0.05) is 48.3 Å². The molecule has 1 atom stereocenters. The minimum absolute atomic E-state index is 0.0132. The number of rotatable bonds is 9. The SMILES string of the molecule is CC[C@H](NC(=O)c1cc(Cl)ccc1NS(=O)(=O)c1ccc(Oc2ccccc2Cl)cc1)c1cccc(C)n1. The molecule has 1 amide bonds. The zero-order valence-corrected chi connectivity index (χ0v) is 22.9. The third kappa shape index (κ3) is 6.64. The Balaban J connectivity index is 1.54. The van der Waals surface area contributed by atoms with Crippen molar-refractivity contribution in [2.45, 2.75) is 31.2 Å². The number of aryl methyl sites for hydroxylation is 1. The maximum Gasteiger partial charge on any atom is 0.261 e. The first-order valence-corrected chi connectivity index (χ1v) is 14.0. The van der Waals surface area contributed by atoms with E-state index in [9.17, 15) is 13.2 Å². The van der Waals surface area contributed by atoms with E-state index in [0.717, 1.165) is 5.69 Å². The third-order valence-electron chi connectivity index (χ3n) is 5.65. The summed E-state index contributed by atoms with van der Waals surface area (Å²) in [6.07, 6.45) is 0.590. The van der Waals surface area contributed by atoms with Crippen LogP contribution in [0.2, 0.25) is 10.0 Å². The number of benzene rings is 3. The average Bonchev–Trinajstić information content (AvgIpc) is 2.89. The molecular formula is C28H25Cl2N3O4S. The van der Waals surface area contributed by atoms with Crippen molar-refractivity contribution in [3.05, 3.63) is 112 Å². The summed E-state index contributed by atoms with van der Waals surface area (Å²) in [5.74, 6) is 0.383. The zero-order valence-electron chi connectivity index (χ0n) is 20.6. The molecule has 1 aromatic heterocycles. The van der Waals surface area contributed by atoms with Gasteiger partial charge in [0.2, 0.25) is 0 Å². The molecule has 0 fully saturated rings. The van der Waals surface area contributed by atoms with Crippen molar-refractivity contribution in [1.82, 2.24) is 10.3 Å². The van der Waals surface area contributed by atoms with E-state index >= 15 is 0 Å². The van der Waals surface area contributed by atoms with Gasteiger partial charge in [0, 0.05) is 10.7 Å². The molecule has 0 radical (unpaired) electrons. The monoisotopic (exact) mass is 569 g/mol. The number of nitrogens with one attached hydrogen (secondary N) is 2. The quantitative estimate of drug-likeness (QED) is 0.222. The Labute approximate surface area is 231 Å². The van der Waals surface area contributed by atoms with Gasteiger partial charge in [0.05, 0.1) is 32.9 Å². The molecule has 7 nitrogen and oxygen atoms in total. The van der Waals surface area contributed by atoms with E-state index in [1.807, 2.05) is 32.0 Å². The van der Waals surface area contributed by atoms with Crippen molar-refractivity contribution in [2.24, 2.45) is 0 Å². The number of carbonyl (C=O) groups is 1. The van der Waals surface area contributed by atoms with Crippen molar-refractivity contribution in [3.63, 3.8) is 0 Å². The van der Waals surface area contributed by atoms with E-state index in [-0.39, 0.29) is 22.2 Å². The van der Waals surface area contributed by atoms with Crippen LogP contribution in [0.1, 0.15) is 41.1 Å². The van der Waals surface area contributed by atoms with Crippen LogP contribution in [0, 0.1) is 6.92 Å². The summed E-state index contributed by atoms with van der Waals surface area (Å²) in [5, 5.41) is 3.66. The summed E-state index contributed by atoms with van der Waals surface area (Å²) in [6, 6.07) is 22.4. The molecule has 0 saturated carbocycles. The predicted octanol–water partition coefficient (Wildman–Crippen LogP) is 7.17. The van der Waals surface area contributed by atoms with Crippen LogP contribution < -0.4 is 14.8 Å². The lowest BCUT2D eigenvalue weighted by Crippen LogP contribution is -2.30. The molecular weight excluding hydrogens is 545 g/mol. The number of aromatic nitrogens is 1. The van der Waals surface area contributed by atoms with Crippen LogP contribution in [0.15, 0.2) is 89.8 Å². The molecule has 10 heteroatoms. The summed E-state index contributed by atoms with van der Waals surface area (Å²) in [4.78, 5) is 17.7. The Bertz CT molecular complexity index is 1560. The largest absolute Gasteiger partial charge is 0.456 e. The van der Waals surface area contributed by atoms with E-state index in [1.165, 1.54) is 42.5 Å².